The number of hydrogen-bond acceptors (Lipinski definition) is 5. The summed E-state index contributed by atoms with van der Waals surface area (Å²) in [6.45, 7) is 20.1. The normalized spacial score (nSPS) is 15.1. The van der Waals surface area contributed by atoms with Crippen LogP contribution < -0.4 is 11.5 Å². The van der Waals surface area contributed by atoms with Crippen molar-refractivity contribution in [2.75, 3.05) is 0 Å². The molecule has 5 nitrogen and oxygen atoms in total. The average molecular weight is 371 g/mol. The standard InChI is InChI=1S/C21H42N2O3/c1-14(2)12-17(22)16(5)25-20(6,7)10-11-21(8,9)26-19(24)18(23)13-15(3)4/h14-15,17-18H,5,10-13,22-23H2,1-4,6-9H3. The van der Waals surface area contributed by atoms with Gasteiger partial charge in [0, 0.05) is 0 Å². The molecule has 26 heavy (non-hydrogen) atoms. The summed E-state index contributed by atoms with van der Waals surface area (Å²) in [7, 11) is 0. The molecule has 0 aliphatic carbocycles. The molecule has 0 amide bonds. The lowest BCUT2D eigenvalue weighted by molar-refractivity contribution is -0.160. The first-order valence-electron chi connectivity index (χ1n) is 9.77. The van der Waals surface area contributed by atoms with Crippen molar-refractivity contribution in [1.82, 2.24) is 0 Å². The summed E-state index contributed by atoms with van der Waals surface area (Å²) in [5.74, 6) is 1.11. The van der Waals surface area contributed by atoms with Gasteiger partial charge in [-0.3, -0.25) is 4.79 Å². The van der Waals surface area contributed by atoms with Crippen molar-refractivity contribution >= 4 is 5.97 Å². The number of rotatable bonds is 12. The second kappa shape index (κ2) is 10.3. The number of carbonyl (C=O) groups is 1. The fraction of sp³-hybridized carbons (Fsp3) is 0.857. The summed E-state index contributed by atoms with van der Waals surface area (Å²) in [5.41, 5.74) is 11.0. The molecule has 0 aliphatic heterocycles. The van der Waals surface area contributed by atoms with Crippen LogP contribution in [0, 0.1) is 11.8 Å². The van der Waals surface area contributed by atoms with E-state index in [0.717, 1.165) is 6.42 Å². The van der Waals surface area contributed by atoms with Crippen molar-refractivity contribution in [2.45, 2.75) is 104 Å². The molecule has 0 aromatic rings. The van der Waals surface area contributed by atoms with Crippen LogP contribution in [0.4, 0.5) is 0 Å². The van der Waals surface area contributed by atoms with Gasteiger partial charge in [0.2, 0.25) is 0 Å². The second-order valence-electron chi connectivity index (χ2n) is 9.48. The molecule has 2 unspecified atom stereocenters. The Kier molecular flexibility index (Phi) is 9.89. The van der Waals surface area contributed by atoms with Crippen LogP contribution in [-0.4, -0.2) is 29.3 Å². The van der Waals surface area contributed by atoms with Crippen LogP contribution >= 0.6 is 0 Å². The Labute approximate surface area is 160 Å². The number of carbonyl (C=O) groups excluding carboxylic acids is 1. The molecule has 0 aliphatic rings. The molecular formula is C21H42N2O3. The first-order valence-corrected chi connectivity index (χ1v) is 9.77. The zero-order chi connectivity index (χ0) is 20.7. The monoisotopic (exact) mass is 370 g/mol. The van der Waals surface area contributed by atoms with Crippen LogP contribution in [0.3, 0.4) is 0 Å². The maximum atomic E-state index is 12.2. The highest BCUT2D eigenvalue weighted by atomic mass is 16.6. The quantitative estimate of drug-likeness (QED) is 0.398. The smallest absolute Gasteiger partial charge is 0.323 e. The van der Waals surface area contributed by atoms with Crippen LogP contribution in [0.2, 0.25) is 0 Å². The second-order valence-corrected chi connectivity index (χ2v) is 9.48. The molecule has 0 rings (SSSR count). The topological polar surface area (TPSA) is 87.6 Å². The zero-order valence-electron chi connectivity index (χ0n) is 18.2. The SMILES string of the molecule is C=C(OC(C)(C)CCC(C)(C)OC(=O)C(N)CC(C)C)C(N)CC(C)C. The van der Waals surface area contributed by atoms with E-state index in [1.54, 1.807) is 0 Å². The molecule has 0 spiro atoms. The summed E-state index contributed by atoms with van der Waals surface area (Å²) >= 11 is 0. The third-order valence-electron chi connectivity index (χ3n) is 4.28. The molecule has 4 N–H and O–H groups in total. The minimum atomic E-state index is -0.603. The fourth-order valence-electron chi connectivity index (χ4n) is 2.73. The zero-order valence-corrected chi connectivity index (χ0v) is 18.2. The van der Waals surface area contributed by atoms with Gasteiger partial charge in [0.05, 0.1) is 6.04 Å². The van der Waals surface area contributed by atoms with Crippen LogP contribution in [0.15, 0.2) is 12.3 Å². The van der Waals surface area contributed by atoms with Gasteiger partial charge in [-0.2, -0.15) is 0 Å². The van der Waals surface area contributed by atoms with Gasteiger partial charge in [0.25, 0.3) is 0 Å². The van der Waals surface area contributed by atoms with Crippen molar-refractivity contribution in [3.63, 3.8) is 0 Å². The summed E-state index contributed by atoms with van der Waals surface area (Å²) in [6.07, 6.45) is 2.83. The van der Waals surface area contributed by atoms with Gasteiger partial charge in [-0.15, -0.1) is 0 Å². The van der Waals surface area contributed by atoms with Crippen molar-refractivity contribution in [3.8, 4) is 0 Å². The van der Waals surface area contributed by atoms with Crippen molar-refractivity contribution in [3.05, 3.63) is 12.3 Å². The predicted octanol–water partition coefficient (Wildman–Crippen LogP) is 4.14. The van der Waals surface area contributed by atoms with E-state index in [2.05, 4.69) is 20.4 Å². The maximum Gasteiger partial charge on any atom is 0.323 e. The fourth-order valence-corrected chi connectivity index (χ4v) is 2.73. The molecule has 2 atom stereocenters. The highest BCUT2D eigenvalue weighted by molar-refractivity contribution is 5.75. The number of esters is 1. The molecule has 0 bridgehead atoms. The molecule has 0 aromatic carbocycles. The lowest BCUT2D eigenvalue weighted by Gasteiger charge is -2.34. The maximum absolute atomic E-state index is 12.2. The molecule has 154 valence electrons. The third kappa shape index (κ3) is 10.8. The van der Waals surface area contributed by atoms with E-state index in [0.29, 0.717) is 36.9 Å². The van der Waals surface area contributed by atoms with Crippen molar-refractivity contribution < 1.29 is 14.3 Å². The van der Waals surface area contributed by atoms with Gasteiger partial charge in [-0.05, 0) is 65.2 Å². The Morgan fingerprint density at radius 2 is 1.23 bits per heavy atom. The predicted molar refractivity (Wildman–Crippen MR) is 109 cm³/mol. The van der Waals surface area contributed by atoms with Crippen molar-refractivity contribution in [1.29, 1.82) is 0 Å². The Bertz CT molecular complexity index is 414. The van der Waals surface area contributed by atoms with E-state index >= 15 is 0 Å². The summed E-state index contributed by atoms with van der Waals surface area (Å²) in [5, 5.41) is 0. The highest BCUT2D eigenvalue weighted by Gasteiger charge is 2.31. The van der Waals surface area contributed by atoms with E-state index in [4.69, 9.17) is 20.9 Å². The first kappa shape index (κ1) is 24.9. The van der Waals surface area contributed by atoms with Crippen LogP contribution in [0.1, 0.15) is 81.1 Å². The van der Waals surface area contributed by atoms with E-state index in [9.17, 15) is 4.79 Å². The summed E-state index contributed by atoms with van der Waals surface area (Å²) < 4.78 is 11.7. The largest absolute Gasteiger partial charge is 0.491 e. The Hall–Kier alpha value is -1.07. The molecular weight excluding hydrogens is 328 g/mol. The van der Waals surface area contributed by atoms with Gasteiger partial charge in [-0.1, -0.05) is 34.3 Å². The van der Waals surface area contributed by atoms with Gasteiger partial charge >= 0.3 is 5.97 Å². The summed E-state index contributed by atoms with van der Waals surface area (Å²) in [6, 6.07) is -0.749. The minimum Gasteiger partial charge on any atom is -0.491 e. The molecule has 0 aromatic heterocycles. The first-order chi connectivity index (χ1) is 11.6. The van der Waals surface area contributed by atoms with Gasteiger partial charge in [-0.25, -0.2) is 0 Å². The molecule has 0 heterocycles. The Morgan fingerprint density at radius 1 is 0.846 bits per heavy atom. The molecule has 0 fully saturated rings. The van der Waals surface area contributed by atoms with Crippen LogP contribution in [0.25, 0.3) is 0 Å². The average Bonchev–Trinajstić information content (AvgIpc) is 2.43. The number of ether oxygens (including phenoxy) is 2. The molecule has 0 saturated heterocycles. The van der Waals surface area contributed by atoms with E-state index < -0.39 is 17.2 Å². The van der Waals surface area contributed by atoms with E-state index in [-0.39, 0.29) is 12.0 Å². The summed E-state index contributed by atoms with van der Waals surface area (Å²) in [4.78, 5) is 12.2. The van der Waals surface area contributed by atoms with Crippen molar-refractivity contribution in [2.24, 2.45) is 23.3 Å². The van der Waals surface area contributed by atoms with E-state index in [1.807, 2.05) is 41.5 Å². The van der Waals surface area contributed by atoms with Crippen LogP contribution in [-0.2, 0) is 14.3 Å². The van der Waals surface area contributed by atoms with E-state index in [1.165, 1.54) is 0 Å². The van der Waals surface area contributed by atoms with Crippen LogP contribution in [0.5, 0.6) is 0 Å². The lowest BCUT2D eigenvalue weighted by Crippen LogP contribution is -2.40. The molecule has 0 radical (unpaired) electrons. The molecule has 0 saturated carbocycles. The van der Waals surface area contributed by atoms with Gasteiger partial charge in [0.1, 0.15) is 23.0 Å². The number of hydrogen-bond donors (Lipinski definition) is 2. The van der Waals surface area contributed by atoms with Gasteiger partial charge < -0.3 is 20.9 Å². The lowest BCUT2D eigenvalue weighted by atomic mass is 9.93. The Balaban J connectivity index is 4.58. The minimum absolute atomic E-state index is 0.172. The number of nitrogens with two attached hydrogens (primary N) is 2. The Morgan fingerprint density at radius 3 is 1.65 bits per heavy atom. The third-order valence-corrected chi connectivity index (χ3v) is 4.28. The highest BCUT2D eigenvalue weighted by Crippen LogP contribution is 2.28. The van der Waals surface area contributed by atoms with Gasteiger partial charge in [0.15, 0.2) is 0 Å². The molecule has 5 heteroatoms.